The van der Waals surface area contributed by atoms with E-state index in [-0.39, 0.29) is 18.2 Å². The number of benzene rings is 2. The fraction of sp³-hybridized carbons (Fsp3) is 0.227. The number of ether oxygens (including phenoxy) is 2. The van der Waals surface area contributed by atoms with Gasteiger partial charge in [0.2, 0.25) is 5.88 Å². The first-order valence-electron chi connectivity index (χ1n) is 9.66. The van der Waals surface area contributed by atoms with Gasteiger partial charge in [0.25, 0.3) is 5.56 Å². The highest BCUT2D eigenvalue weighted by atomic mass is 16.5. The quantitative estimate of drug-likeness (QED) is 0.557. The largest absolute Gasteiger partial charge is 0.497 e. The van der Waals surface area contributed by atoms with Crippen LogP contribution in [0.5, 0.6) is 17.4 Å². The van der Waals surface area contributed by atoms with Gasteiger partial charge in [0.05, 0.1) is 32.5 Å². The maximum absolute atomic E-state index is 12.5. The predicted octanol–water partition coefficient (Wildman–Crippen LogP) is 1.75. The van der Waals surface area contributed by atoms with Gasteiger partial charge in [-0.1, -0.05) is 30.3 Å². The molecule has 1 aliphatic heterocycles. The van der Waals surface area contributed by atoms with Gasteiger partial charge in [0, 0.05) is 18.1 Å². The summed E-state index contributed by atoms with van der Waals surface area (Å²) in [6, 6.07) is 14.3. The monoisotopic (exact) mass is 422 g/mol. The van der Waals surface area contributed by atoms with Crippen molar-refractivity contribution in [1.82, 2.24) is 15.0 Å². The fourth-order valence-electron chi connectivity index (χ4n) is 3.62. The van der Waals surface area contributed by atoms with Crippen LogP contribution in [0.15, 0.2) is 63.2 Å². The number of nitrogens with zero attached hydrogens (tertiary/aromatic N) is 2. The predicted molar refractivity (Wildman–Crippen MR) is 115 cm³/mol. The van der Waals surface area contributed by atoms with E-state index < -0.39 is 17.1 Å². The second kappa shape index (κ2) is 8.39. The van der Waals surface area contributed by atoms with E-state index in [1.807, 2.05) is 42.5 Å². The standard InChI is InChI=1S/C22H22N4O5/c1-30-14-8-9-15(18(10-14)31-2)16-11-17(25-24-16)19-20(27)23-22(29)26(21(19)28)12-13-6-4-3-5-7-13/h3-10,16,24,28H,11-12H2,1-2H3,(H,23,27,29)/t16-/m1/s1. The maximum atomic E-state index is 12.5. The average Bonchev–Trinajstić information content (AvgIpc) is 3.26. The van der Waals surface area contributed by atoms with Crippen molar-refractivity contribution in [3.63, 3.8) is 0 Å². The molecule has 0 fully saturated rings. The maximum Gasteiger partial charge on any atom is 0.331 e. The first-order chi connectivity index (χ1) is 15.0. The van der Waals surface area contributed by atoms with Crippen molar-refractivity contribution in [3.8, 4) is 17.4 Å². The van der Waals surface area contributed by atoms with E-state index in [4.69, 9.17) is 9.47 Å². The third kappa shape index (κ3) is 3.89. The summed E-state index contributed by atoms with van der Waals surface area (Å²) in [5, 5.41) is 15.1. The molecule has 0 bridgehead atoms. The molecule has 0 unspecified atom stereocenters. The molecule has 0 spiro atoms. The Kier molecular flexibility index (Phi) is 5.48. The number of hydrazone groups is 1. The third-order valence-corrected chi connectivity index (χ3v) is 5.21. The fourth-order valence-corrected chi connectivity index (χ4v) is 3.62. The van der Waals surface area contributed by atoms with E-state index in [9.17, 15) is 14.7 Å². The molecule has 1 aliphatic rings. The lowest BCUT2D eigenvalue weighted by molar-refractivity contribution is 0.386. The van der Waals surface area contributed by atoms with Crippen LogP contribution in [0.2, 0.25) is 0 Å². The number of rotatable bonds is 6. The van der Waals surface area contributed by atoms with Crippen LogP contribution in [0.1, 0.15) is 29.2 Å². The Morgan fingerprint density at radius 1 is 1.13 bits per heavy atom. The molecule has 4 rings (SSSR count). The van der Waals surface area contributed by atoms with Gasteiger partial charge in [-0.25, -0.2) is 4.79 Å². The molecular weight excluding hydrogens is 400 g/mol. The summed E-state index contributed by atoms with van der Waals surface area (Å²) >= 11 is 0. The van der Waals surface area contributed by atoms with E-state index in [0.717, 1.165) is 15.7 Å². The molecule has 2 aromatic carbocycles. The van der Waals surface area contributed by atoms with Gasteiger partial charge in [-0.05, 0) is 17.7 Å². The highest BCUT2D eigenvalue weighted by molar-refractivity contribution is 6.03. The van der Waals surface area contributed by atoms with Crippen molar-refractivity contribution in [2.24, 2.45) is 5.10 Å². The Hall–Kier alpha value is -4.01. The number of aromatic nitrogens is 2. The molecular formula is C22H22N4O5. The molecule has 9 nitrogen and oxygen atoms in total. The van der Waals surface area contributed by atoms with Crippen molar-refractivity contribution in [3.05, 3.63) is 86.1 Å². The van der Waals surface area contributed by atoms with Gasteiger partial charge in [-0.2, -0.15) is 5.10 Å². The normalized spacial score (nSPS) is 15.3. The van der Waals surface area contributed by atoms with E-state index in [1.165, 1.54) is 0 Å². The van der Waals surface area contributed by atoms with Gasteiger partial charge < -0.3 is 20.0 Å². The number of hydrogen-bond acceptors (Lipinski definition) is 7. The Bertz CT molecular complexity index is 1250. The first kappa shape index (κ1) is 20.3. The topological polar surface area (TPSA) is 118 Å². The number of H-pyrrole nitrogens is 1. The van der Waals surface area contributed by atoms with Crippen LogP contribution < -0.4 is 26.1 Å². The van der Waals surface area contributed by atoms with Crippen LogP contribution in [0.3, 0.4) is 0 Å². The first-order valence-corrected chi connectivity index (χ1v) is 9.66. The minimum absolute atomic E-state index is 0.0296. The summed E-state index contributed by atoms with van der Waals surface area (Å²) in [5.41, 5.74) is 3.58. The van der Waals surface area contributed by atoms with Crippen LogP contribution in [-0.4, -0.2) is 34.6 Å². The molecule has 0 saturated heterocycles. The van der Waals surface area contributed by atoms with Crippen molar-refractivity contribution in [1.29, 1.82) is 0 Å². The molecule has 1 atom stereocenters. The Labute approximate surface area is 177 Å². The lowest BCUT2D eigenvalue weighted by Crippen LogP contribution is -2.34. The summed E-state index contributed by atoms with van der Waals surface area (Å²) < 4.78 is 11.8. The zero-order valence-electron chi connectivity index (χ0n) is 17.1. The van der Waals surface area contributed by atoms with Crippen molar-refractivity contribution >= 4 is 5.71 Å². The molecule has 1 aromatic heterocycles. The number of aromatic amines is 1. The minimum Gasteiger partial charge on any atom is -0.497 e. The van der Waals surface area contributed by atoms with E-state index in [1.54, 1.807) is 20.3 Å². The molecule has 160 valence electrons. The average molecular weight is 422 g/mol. The number of nitrogens with one attached hydrogen (secondary N) is 2. The minimum atomic E-state index is -0.685. The molecule has 3 aromatic rings. The Morgan fingerprint density at radius 3 is 2.61 bits per heavy atom. The van der Waals surface area contributed by atoms with Crippen LogP contribution >= 0.6 is 0 Å². The number of aromatic hydroxyl groups is 1. The smallest absolute Gasteiger partial charge is 0.331 e. The van der Waals surface area contributed by atoms with Gasteiger partial charge in [0.15, 0.2) is 0 Å². The Morgan fingerprint density at radius 2 is 1.90 bits per heavy atom. The molecule has 3 N–H and O–H groups in total. The van der Waals surface area contributed by atoms with E-state index in [0.29, 0.717) is 23.6 Å². The second-order valence-electron chi connectivity index (χ2n) is 7.08. The summed E-state index contributed by atoms with van der Waals surface area (Å²) in [5.74, 6) is 0.850. The van der Waals surface area contributed by atoms with Crippen LogP contribution in [-0.2, 0) is 6.54 Å². The summed E-state index contributed by atoms with van der Waals surface area (Å²) in [7, 11) is 3.13. The van der Waals surface area contributed by atoms with E-state index >= 15 is 0 Å². The van der Waals surface area contributed by atoms with Gasteiger partial charge in [0.1, 0.15) is 17.1 Å². The summed E-state index contributed by atoms with van der Waals surface area (Å²) in [6.45, 7) is 0.117. The molecule has 31 heavy (non-hydrogen) atoms. The van der Waals surface area contributed by atoms with Crippen molar-refractivity contribution in [2.75, 3.05) is 14.2 Å². The highest BCUT2D eigenvalue weighted by Crippen LogP contribution is 2.34. The third-order valence-electron chi connectivity index (χ3n) is 5.21. The summed E-state index contributed by atoms with van der Waals surface area (Å²) in [6.07, 6.45) is 0.322. The summed E-state index contributed by atoms with van der Waals surface area (Å²) in [4.78, 5) is 27.1. The molecule has 9 heteroatoms. The number of methoxy groups -OCH3 is 2. The van der Waals surface area contributed by atoms with Crippen LogP contribution in [0.25, 0.3) is 0 Å². The lowest BCUT2D eigenvalue weighted by Gasteiger charge is -2.16. The molecule has 0 amide bonds. The van der Waals surface area contributed by atoms with Crippen molar-refractivity contribution in [2.45, 2.75) is 19.0 Å². The van der Waals surface area contributed by atoms with Gasteiger partial charge in [-0.3, -0.25) is 14.3 Å². The van der Waals surface area contributed by atoms with Gasteiger partial charge in [-0.15, -0.1) is 0 Å². The zero-order chi connectivity index (χ0) is 22.0. The second-order valence-corrected chi connectivity index (χ2v) is 7.08. The Balaban J connectivity index is 1.66. The van der Waals surface area contributed by atoms with Crippen LogP contribution in [0, 0.1) is 0 Å². The molecule has 2 heterocycles. The zero-order valence-corrected chi connectivity index (χ0v) is 17.1. The number of hydrogen-bond donors (Lipinski definition) is 3. The van der Waals surface area contributed by atoms with Crippen LogP contribution in [0.4, 0.5) is 0 Å². The van der Waals surface area contributed by atoms with Gasteiger partial charge >= 0.3 is 5.69 Å². The molecule has 0 radical (unpaired) electrons. The lowest BCUT2D eigenvalue weighted by atomic mass is 9.99. The van der Waals surface area contributed by atoms with E-state index in [2.05, 4.69) is 15.5 Å². The highest BCUT2D eigenvalue weighted by Gasteiger charge is 2.29. The SMILES string of the molecule is COc1ccc([C@H]2CC(c3c(O)n(Cc4ccccc4)c(=O)[nH]c3=O)=NN2)c(OC)c1. The molecule has 0 saturated carbocycles. The van der Waals surface area contributed by atoms with Crippen molar-refractivity contribution < 1.29 is 14.6 Å². The molecule has 0 aliphatic carbocycles.